The molecule has 27 heavy (non-hydrogen) atoms. The minimum absolute atomic E-state index is 0.163. The number of hydrogen-bond acceptors (Lipinski definition) is 5. The third-order valence-electron chi connectivity index (χ3n) is 4.45. The van der Waals surface area contributed by atoms with Crippen LogP contribution in [0.15, 0.2) is 23.3 Å². The summed E-state index contributed by atoms with van der Waals surface area (Å²) in [4.78, 5) is 21.8. The molecule has 0 spiro atoms. The summed E-state index contributed by atoms with van der Waals surface area (Å²) in [7, 11) is 1.41. The van der Waals surface area contributed by atoms with E-state index in [1.54, 1.807) is 12.3 Å². The monoisotopic (exact) mass is 379 g/mol. The van der Waals surface area contributed by atoms with Crippen LogP contribution in [-0.4, -0.2) is 56.2 Å². The van der Waals surface area contributed by atoms with Crippen molar-refractivity contribution in [1.82, 2.24) is 15.6 Å². The average molecular weight is 379 g/mol. The molecule has 0 saturated carbocycles. The van der Waals surface area contributed by atoms with E-state index in [1.807, 2.05) is 11.8 Å². The molecule has 1 aliphatic heterocycles. The molecule has 0 aromatic carbocycles. The van der Waals surface area contributed by atoms with Crippen molar-refractivity contribution in [3.05, 3.63) is 24.1 Å². The first-order chi connectivity index (χ1) is 13.1. The van der Waals surface area contributed by atoms with Crippen LogP contribution in [0.4, 0.5) is 10.2 Å². The number of esters is 1. The van der Waals surface area contributed by atoms with Gasteiger partial charge in [0.1, 0.15) is 0 Å². The zero-order valence-electron chi connectivity index (χ0n) is 16.2. The summed E-state index contributed by atoms with van der Waals surface area (Å²) in [6, 6.07) is 3.24. The lowest BCUT2D eigenvalue weighted by Gasteiger charge is -2.19. The Morgan fingerprint density at radius 1 is 1.44 bits per heavy atom. The number of pyridine rings is 1. The second-order valence-corrected chi connectivity index (χ2v) is 6.53. The Morgan fingerprint density at radius 2 is 2.30 bits per heavy atom. The first-order valence-electron chi connectivity index (χ1n) is 9.61. The van der Waals surface area contributed by atoms with Crippen LogP contribution < -0.4 is 15.5 Å². The molecule has 1 atom stereocenters. The minimum Gasteiger partial charge on any atom is -0.469 e. The predicted octanol–water partition coefficient (Wildman–Crippen LogP) is 2.09. The number of hydrogen-bond donors (Lipinski definition) is 2. The minimum atomic E-state index is -0.286. The normalized spacial score (nSPS) is 17.1. The van der Waals surface area contributed by atoms with Gasteiger partial charge in [-0.05, 0) is 38.3 Å². The van der Waals surface area contributed by atoms with Gasteiger partial charge in [-0.2, -0.15) is 0 Å². The van der Waals surface area contributed by atoms with Crippen molar-refractivity contribution in [2.75, 3.05) is 38.2 Å². The topological polar surface area (TPSA) is 78.8 Å². The number of anilines is 1. The van der Waals surface area contributed by atoms with Crippen LogP contribution in [-0.2, 0) is 9.53 Å². The van der Waals surface area contributed by atoms with E-state index in [4.69, 9.17) is 0 Å². The van der Waals surface area contributed by atoms with Crippen molar-refractivity contribution in [2.45, 2.75) is 45.1 Å². The molecule has 2 heterocycles. The fourth-order valence-electron chi connectivity index (χ4n) is 3.04. The number of nitrogens with zero attached hydrogens (tertiary/aromatic N) is 3. The zero-order chi connectivity index (χ0) is 19.5. The lowest BCUT2D eigenvalue weighted by molar-refractivity contribution is -0.140. The van der Waals surface area contributed by atoms with Gasteiger partial charge in [-0.3, -0.25) is 9.79 Å². The maximum absolute atomic E-state index is 13.9. The number of nitrogens with one attached hydrogen (secondary N) is 2. The second-order valence-electron chi connectivity index (χ2n) is 6.53. The maximum Gasteiger partial charge on any atom is 0.305 e. The Morgan fingerprint density at radius 3 is 3.04 bits per heavy atom. The van der Waals surface area contributed by atoms with Crippen LogP contribution >= 0.6 is 0 Å². The predicted molar refractivity (Wildman–Crippen MR) is 104 cm³/mol. The first-order valence-corrected chi connectivity index (χ1v) is 9.61. The summed E-state index contributed by atoms with van der Waals surface area (Å²) in [5, 5.41) is 6.68. The molecule has 8 heteroatoms. The summed E-state index contributed by atoms with van der Waals surface area (Å²) < 4.78 is 18.5. The van der Waals surface area contributed by atoms with E-state index in [0.717, 1.165) is 44.7 Å². The molecule has 0 radical (unpaired) electrons. The van der Waals surface area contributed by atoms with Gasteiger partial charge in [-0.1, -0.05) is 6.42 Å². The van der Waals surface area contributed by atoms with Crippen LogP contribution in [0, 0.1) is 5.82 Å². The third-order valence-corrected chi connectivity index (χ3v) is 4.45. The van der Waals surface area contributed by atoms with E-state index in [0.29, 0.717) is 25.3 Å². The van der Waals surface area contributed by atoms with Gasteiger partial charge in [-0.25, -0.2) is 9.37 Å². The highest BCUT2D eigenvalue weighted by Gasteiger charge is 2.25. The number of ether oxygens (including phenoxy) is 1. The summed E-state index contributed by atoms with van der Waals surface area (Å²) in [6.45, 7) is 4.95. The summed E-state index contributed by atoms with van der Waals surface area (Å²) in [5.41, 5.74) is 0. The second kappa shape index (κ2) is 11.4. The highest BCUT2D eigenvalue weighted by Crippen LogP contribution is 2.20. The number of aromatic nitrogens is 1. The van der Waals surface area contributed by atoms with E-state index in [-0.39, 0.29) is 17.8 Å². The van der Waals surface area contributed by atoms with Gasteiger partial charge in [0, 0.05) is 44.8 Å². The zero-order valence-corrected chi connectivity index (χ0v) is 16.2. The average Bonchev–Trinajstić information content (AvgIpc) is 3.13. The van der Waals surface area contributed by atoms with Crippen molar-refractivity contribution in [3.63, 3.8) is 0 Å². The van der Waals surface area contributed by atoms with Gasteiger partial charge < -0.3 is 20.3 Å². The Labute approximate surface area is 160 Å². The molecule has 7 nitrogen and oxygen atoms in total. The molecule has 150 valence electrons. The number of unbranched alkanes of at least 4 members (excludes halogenated alkanes) is 2. The van der Waals surface area contributed by atoms with Crippen molar-refractivity contribution in [3.8, 4) is 0 Å². The van der Waals surface area contributed by atoms with Gasteiger partial charge in [0.2, 0.25) is 0 Å². The summed E-state index contributed by atoms with van der Waals surface area (Å²) in [5.74, 6) is 0.738. The molecule has 1 fully saturated rings. The number of carbonyl (C=O) groups is 1. The summed E-state index contributed by atoms with van der Waals surface area (Å²) >= 11 is 0. The summed E-state index contributed by atoms with van der Waals surface area (Å²) in [6.07, 6.45) is 5.65. The fourth-order valence-corrected chi connectivity index (χ4v) is 3.04. The molecule has 0 aliphatic carbocycles. The number of guanidine groups is 1. The van der Waals surface area contributed by atoms with E-state index >= 15 is 0 Å². The molecule has 2 rings (SSSR count). The number of carbonyl (C=O) groups excluding carboxylic acids is 1. The van der Waals surface area contributed by atoms with Crippen molar-refractivity contribution < 1.29 is 13.9 Å². The lowest BCUT2D eigenvalue weighted by Crippen LogP contribution is -2.44. The molecular weight excluding hydrogens is 349 g/mol. The van der Waals surface area contributed by atoms with Crippen LogP contribution in [0.2, 0.25) is 0 Å². The molecule has 1 aliphatic rings. The molecule has 1 unspecified atom stereocenters. The van der Waals surface area contributed by atoms with Gasteiger partial charge in [0.15, 0.2) is 17.6 Å². The van der Waals surface area contributed by atoms with E-state index < -0.39 is 0 Å². The molecule has 1 saturated heterocycles. The molecule has 0 bridgehead atoms. The number of halogens is 1. The van der Waals surface area contributed by atoms with Crippen LogP contribution in [0.25, 0.3) is 0 Å². The van der Waals surface area contributed by atoms with Crippen molar-refractivity contribution >= 4 is 17.7 Å². The Bertz CT molecular complexity index is 626. The Balaban J connectivity index is 1.76. The Hall–Kier alpha value is -2.38. The Kier molecular flexibility index (Phi) is 8.80. The highest BCUT2D eigenvalue weighted by atomic mass is 19.1. The number of methoxy groups -OCH3 is 1. The first kappa shape index (κ1) is 20.9. The van der Waals surface area contributed by atoms with Crippen LogP contribution in [0.5, 0.6) is 0 Å². The fraction of sp³-hybridized carbons (Fsp3) is 0.632. The molecule has 1 aromatic heterocycles. The molecule has 2 N–H and O–H groups in total. The van der Waals surface area contributed by atoms with E-state index in [9.17, 15) is 9.18 Å². The van der Waals surface area contributed by atoms with Crippen molar-refractivity contribution in [2.24, 2.45) is 4.99 Å². The van der Waals surface area contributed by atoms with E-state index in [1.165, 1.54) is 13.2 Å². The third kappa shape index (κ3) is 7.03. The number of aliphatic imine (C=N–C) groups is 1. The quantitative estimate of drug-likeness (QED) is 0.296. The highest BCUT2D eigenvalue weighted by molar-refractivity contribution is 5.80. The van der Waals surface area contributed by atoms with Gasteiger partial charge in [-0.15, -0.1) is 0 Å². The molecule has 1 aromatic rings. The lowest BCUT2D eigenvalue weighted by atomic mass is 10.2. The molecule has 0 amide bonds. The number of rotatable bonds is 9. The standard InChI is InChI=1S/C19H30FN5O2/c1-3-21-19(23-11-6-4-5-9-17(26)27-2)24-15-10-13-25(14-15)18-16(20)8-7-12-22-18/h7-8,12,15H,3-6,9-11,13-14H2,1-2H3,(H2,21,23,24). The van der Waals surface area contributed by atoms with Crippen LogP contribution in [0.3, 0.4) is 0 Å². The van der Waals surface area contributed by atoms with Crippen LogP contribution in [0.1, 0.15) is 39.0 Å². The maximum atomic E-state index is 13.9. The van der Waals surface area contributed by atoms with Gasteiger partial charge >= 0.3 is 5.97 Å². The smallest absolute Gasteiger partial charge is 0.305 e. The SMILES string of the molecule is CCNC(=NCCCCCC(=O)OC)NC1CCN(c2ncccc2F)C1. The van der Waals surface area contributed by atoms with Crippen molar-refractivity contribution in [1.29, 1.82) is 0 Å². The largest absolute Gasteiger partial charge is 0.469 e. The van der Waals surface area contributed by atoms with E-state index in [2.05, 4.69) is 25.3 Å². The molecular formula is C19H30FN5O2. The van der Waals surface area contributed by atoms with Gasteiger partial charge in [0.25, 0.3) is 0 Å². The van der Waals surface area contributed by atoms with Gasteiger partial charge in [0.05, 0.1) is 7.11 Å².